The average molecular weight is 249 g/mol. The lowest BCUT2D eigenvalue weighted by Gasteiger charge is -2.02. The largest absolute Gasteiger partial charge is 0.475 e. The first-order valence-electron chi connectivity index (χ1n) is 4.70. The number of aromatic carboxylic acids is 1. The van der Waals surface area contributed by atoms with Gasteiger partial charge in [0.15, 0.2) is 0 Å². The van der Waals surface area contributed by atoms with Crippen molar-refractivity contribution in [1.29, 1.82) is 0 Å². The zero-order valence-corrected chi connectivity index (χ0v) is 8.85. The number of anilines is 1. The van der Waals surface area contributed by atoms with E-state index in [-0.39, 0.29) is 17.3 Å². The third-order valence-electron chi connectivity index (χ3n) is 2.13. The Morgan fingerprint density at radius 1 is 1.44 bits per heavy atom. The molecule has 1 aromatic carbocycles. The maximum atomic E-state index is 10.8. The summed E-state index contributed by atoms with van der Waals surface area (Å²) < 4.78 is 0.918. The van der Waals surface area contributed by atoms with Crippen LogP contribution >= 0.6 is 0 Å². The van der Waals surface area contributed by atoms with Gasteiger partial charge in [0.25, 0.3) is 11.5 Å². The number of carbonyl (C=O) groups is 1. The van der Waals surface area contributed by atoms with Crippen molar-refractivity contribution in [3.8, 4) is 5.69 Å². The minimum Gasteiger partial charge on any atom is -0.475 e. The summed E-state index contributed by atoms with van der Waals surface area (Å²) in [4.78, 5) is 24.4. The molecule has 9 nitrogen and oxygen atoms in total. The van der Waals surface area contributed by atoms with Crippen molar-refractivity contribution < 1.29 is 14.8 Å². The molecule has 0 radical (unpaired) electrons. The average Bonchev–Trinajstić information content (AvgIpc) is 2.71. The molecule has 0 aliphatic carbocycles. The van der Waals surface area contributed by atoms with Crippen LogP contribution in [0.4, 0.5) is 11.6 Å². The maximum absolute atomic E-state index is 10.8. The SMILES string of the molecule is Nc1nc(C(=O)O)nn1-c1ccccc1[N+](=O)[O-]. The first-order valence-corrected chi connectivity index (χ1v) is 4.70. The van der Waals surface area contributed by atoms with Crippen molar-refractivity contribution in [1.82, 2.24) is 14.8 Å². The highest BCUT2D eigenvalue weighted by molar-refractivity contribution is 5.83. The normalized spacial score (nSPS) is 10.2. The molecule has 92 valence electrons. The number of nitro benzene ring substituents is 1. The van der Waals surface area contributed by atoms with E-state index in [1.807, 2.05) is 0 Å². The van der Waals surface area contributed by atoms with Crippen molar-refractivity contribution in [2.75, 3.05) is 5.73 Å². The monoisotopic (exact) mass is 249 g/mol. The number of hydrogen-bond acceptors (Lipinski definition) is 6. The van der Waals surface area contributed by atoms with Gasteiger partial charge in [-0.3, -0.25) is 10.1 Å². The van der Waals surface area contributed by atoms with E-state index in [1.54, 1.807) is 6.07 Å². The van der Waals surface area contributed by atoms with E-state index in [0.29, 0.717) is 0 Å². The Kier molecular flexibility index (Phi) is 2.64. The Morgan fingerprint density at radius 2 is 2.11 bits per heavy atom. The van der Waals surface area contributed by atoms with Crippen LogP contribution < -0.4 is 5.73 Å². The Morgan fingerprint density at radius 3 is 2.67 bits per heavy atom. The van der Waals surface area contributed by atoms with E-state index in [4.69, 9.17) is 10.8 Å². The molecular formula is C9H7N5O4. The number of nitro groups is 1. The molecule has 0 amide bonds. The van der Waals surface area contributed by atoms with Gasteiger partial charge in [-0.05, 0) is 6.07 Å². The van der Waals surface area contributed by atoms with E-state index in [2.05, 4.69) is 10.1 Å². The molecule has 0 unspecified atom stereocenters. The number of nitrogens with zero attached hydrogens (tertiary/aromatic N) is 4. The van der Waals surface area contributed by atoms with Crippen molar-refractivity contribution in [2.24, 2.45) is 0 Å². The standard InChI is InChI=1S/C9H7N5O4/c10-9-11-7(8(15)16)12-13(9)5-3-1-2-4-6(5)14(17)18/h1-4H,(H,15,16)(H2,10,11,12). The fraction of sp³-hybridized carbons (Fsp3) is 0. The van der Waals surface area contributed by atoms with E-state index in [1.165, 1.54) is 18.2 Å². The number of nitrogens with two attached hydrogens (primary N) is 1. The molecule has 3 N–H and O–H groups in total. The summed E-state index contributed by atoms with van der Waals surface area (Å²) in [5.41, 5.74) is 5.29. The molecule has 18 heavy (non-hydrogen) atoms. The van der Waals surface area contributed by atoms with Crippen LogP contribution in [0.3, 0.4) is 0 Å². The molecule has 0 saturated heterocycles. The van der Waals surface area contributed by atoms with Crippen LogP contribution in [0, 0.1) is 10.1 Å². The number of nitrogen functional groups attached to an aromatic ring is 1. The summed E-state index contributed by atoms with van der Waals surface area (Å²) in [5, 5.41) is 23.2. The van der Waals surface area contributed by atoms with E-state index < -0.39 is 16.7 Å². The van der Waals surface area contributed by atoms with Gasteiger partial charge in [0.2, 0.25) is 5.95 Å². The fourth-order valence-electron chi connectivity index (χ4n) is 1.39. The molecule has 0 saturated carbocycles. The molecule has 0 spiro atoms. The zero-order chi connectivity index (χ0) is 13.3. The summed E-state index contributed by atoms with van der Waals surface area (Å²) in [7, 11) is 0. The molecular weight excluding hydrogens is 242 g/mol. The summed E-state index contributed by atoms with van der Waals surface area (Å²) in [6.07, 6.45) is 0. The predicted molar refractivity (Wildman–Crippen MR) is 59.4 cm³/mol. The molecule has 1 heterocycles. The van der Waals surface area contributed by atoms with Crippen LogP contribution in [0.2, 0.25) is 0 Å². The molecule has 9 heteroatoms. The molecule has 0 bridgehead atoms. The Hall–Kier alpha value is -2.97. The Balaban J connectivity index is 2.62. The molecule has 2 aromatic rings. The van der Waals surface area contributed by atoms with Gasteiger partial charge in [0.1, 0.15) is 5.69 Å². The Bertz CT molecular complexity index is 636. The second kappa shape index (κ2) is 4.13. The highest BCUT2D eigenvalue weighted by Crippen LogP contribution is 2.23. The van der Waals surface area contributed by atoms with Crippen molar-refractivity contribution >= 4 is 17.6 Å². The van der Waals surface area contributed by atoms with Gasteiger partial charge in [-0.25, -0.2) is 4.79 Å². The molecule has 1 aromatic heterocycles. The number of aromatic nitrogens is 3. The van der Waals surface area contributed by atoms with Crippen LogP contribution in [0.15, 0.2) is 24.3 Å². The number of benzene rings is 1. The quantitative estimate of drug-likeness (QED) is 0.595. The van der Waals surface area contributed by atoms with Gasteiger partial charge in [-0.2, -0.15) is 9.67 Å². The third-order valence-corrected chi connectivity index (χ3v) is 2.13. The topological polar surface area (TPSA) is 137 Å². The maximum Gasteiger partial charge on any atom is 0.375 e. The van der Waals surface area contributed by atoms with Crippen molar-refractivity contribution in [2.45, 2.75) is 0 Å². The van der Waals surface area contributed by atoms with Crippen LogP contribution in [0.25, 0.3) is 5.69 Å². The highest BCUT2D eigenvalue weighted by Gasteiger charge is 2.20. The van der Waals surface area contributed by atoms with Crippen molar-refractivity contribution in [3.63, 3.8) is 0 Å². The third kappa shape index (κ3) is 1.84. The molecule has 0 aliphatic rings. The fourth-order valence-corrected chi connectivity index (χ4v) is 1.39. The lowest BCUT2D eigenvalue weighted by atomic mass is 10.3. The van der Waals surface area contributed by atoms with Crippen molar-refractivity contribution in [3.05, 3.63) is 40.2 Å². The van der Waals surface area contributed by atoms with Gasteiger partial charge < -0.3 is 10.8 Å². The summed E-state index contributed by atoms with van der Waals surface area (Å²) >= 11 is 0. The van der Waals surface area contributed by atoms with Gasteiger partial charge >= 0.3 is 5.97 Å². The highest BCUT2D eigenvalue weighted by atomic mass is 16.6. The number of rotatable bonds is 3. The molecule has 2 rings (SSSR count). The van der Waals surface area contributed by atoms with Gasteiger partial charge in [-0.15, -0.1) is 5.10 Å². The molecule has 0 atom stereocenters. The second-order valence-corrected chi connectivity index (χ2v) is 3.26. The minimum atomic E-state index is -1.36. The lowest BCUT2D eigenvalue weighted by Crippen LogP contribution is -2.06. The number of hydrogen-bond donors (Lipinski definition) is 2. The number of carboxylic acid groups (broad SMARTS) is 1. The lowest BCUT2D eigenvalue weighted by molar-refractivity contribution is -0.384. The van der Waals surface area contributed by atoms with Crippen LogP contribution in [-0.4, -0.2) is 30.8 Å². The number of para-hydroxylation sites is 2. The first-order chi connectivity index (χ1) is 8.50. The van der Waals surface area contributed by atoms with E-state index in [9.17, 15) is 14.9 Å². The number of carboxylic acids is 1. The van der Waals surface area contributed by atoms with E-state index >= 15 is 0 Å². The predicted octanol–water partition coefficient (Wildman–Crippen LogP) is 0.456. The summed E-state index contributed by atoms with van der Waals surface area (Å²) in [6.45, 7) is 0. The van der Waals surface area contributed by atoms with E-state index in [0.717, 1.165) is 4.68 Å². The summed E-state index contributed by atoms with van der Waals surface area (Å²) in [6, 6.07) is 5.68. The minimum absolute atomic E-state index is 0.0556. The van der Waals surface area contributed by atoms with Crippen LogP contribution in [0.1, 0.15) is 10.6 Å². The first kappa shape index (κ1) is 11.5. The Labute approximate surface area is 99.6 Å². The second-order valence-electron chi connectivity index (χ2n) is 3.26. The molecule has 0 aliphatic heterocycles. The molecule has 0 fully saturated rings. The van der Waals surface area contributed by atoms with Crippen LogP contribution in [-0.2, 0) is 0 Å². The van der Waals surface area contributed by atoms with Gasteiger partial charge in [-0.1, -0.05) is 12.1 Å². The zero-order valence-electron chi connectivity index (χ0n) is 8.85. The summed E-state index contributed by atoms with van der Waals surface area (Å²) in [5.74, 6) is -2.12. The smallest absolute Gasteiger partial charge is 0.375 e. The van der Waals surface area contributed by atoms with Gasteiger partial charge in [0.05, 0.1) is 4.92 Å². The van der Waals surface area contributed by atoms with Crippen LogP contribution in [0.5, 0.6) is 0 Å². The van der Waals surface area contributed by atoms with Gasteiger partial charge in [0, 0.05) is 6.07 Å².